The van der Waals surface area contributed by atoms with Crippen LogP contribution in [0.2, 0.25) is 0 Å². The van der Waals surface area contributed by atoms with Gasteiger partial charge in [0.05, 0.1) is 12.6 Å². The first-order valence-corrected chi connectivity index (χ1v) is 15.0. The second kappa shape index (κ2) is 14.1. The van der Waals surface area contributed by atoms with E-state index >= 15 is 4.39 Å². The fourth-order valence-corrected chi connectivity index (χ4v) is 6.46. The van der Waals surface area contributed by atoms with Gasteiger partial charge in [0.15, 0.2) is 12.4 Å². The normalized spacial score (nSPS) is 26.8. The predicted octanol–water partition coefficient (Wildman–Crippen LogP) is 2.87. The molecule has 0 spiro atoms. The van der Waals surface area contributed by atoms with Gasteiger partial charge in [0, 0.05) is 17.2 Å². The van der Waals surface area contributed by atoms with Crippen LogP contribution >= 0.6 is 7.75 Å². The van der Waals surface area contributed by atoms with Crippen molar-refractivity contribution in [3.63, 3.8) is 0 Å². The van der Waals surface area contributed by atoms with Crippen LogP contribution < -0.4 is 20.9 Å². The Kier molecular flexibility index (Phi) is 10.5. The summed E-state index contributed by atoms with van der Waals surface area (Å²) in [4.78, 5) is 41.2. The number of aromatic amines is 1. The summed E-state index contributed by atoms with van der Waals surface area (Å²) in [5.74, 6) is -0.650. The zero-order valence-electron chi connectivity index (χ0n) is 22.7. The predicted molar refractivity (Wildman–Crippen MR) is 145 cm³/mol. The van der Waals surface area contributed by atoms with Gasteiger partial charge in [0.2, 0.25) is 0 Å². The number of azide groups is 1. The Hall–Kier alpha value is -3.52. The van der Waals surface area contributed by atoms with Crippen LogP contribution in [0.1, 0.15) is 45.3 Å². The van der Waals surface area contributed by atoms with Gasteiger partial charge in [-0.2, -0.15) is 5.09 Å². The number of ether oxygens (including phenoxy) is 2. The molecule has 42 heavy (non-hydrogen) atoms. The van der Waals surface area contributed by atoms with Gasteiger partial charge in [-0.3, -0.25) is 23.7 Å². The molecule has 1 aromatic carbocycles. The van der Waals surface area contributed by atoms with Gasteiger partial charge >= 0.3 is 19.4 Å². The number of H-pyrrole nitrogens is 1. The molecule has 0 bridgehead atoms. The van der Waals surface area contributed by atoms with Crippen molar-refractivity contribution < 1.29 is 37.4 Å². The van der Waals surface area contributed by atoms with Crippen LogP contribution in [0.4, 0.5) is 4.39 Å². The number of hydrogen-bond acceptors (Lipinski definition) is 10. The molecule has 1 aromatic heterocycles. The number of nitrogens with zero attached hydrogens (tertiary/aromatic N) is 4. The third kappa shape index (κ3) is 7.85. The quantitative estimate of drug-likeness (QED) is 0.111. The number of carbonyl (C=O) groups excluding carboxylic acids is 1. The first-order chi connectivity index (χ1) is 20.1. The minimum absolute atomic E-state index is 0.0634. The second-order valence-electron chi connectivity index (χ2n) is 9.95. The third-order valence-corrected chi connectivity index (χ3v) is 8.51. The second-order valence-corrected chi connectivity index (χ2v) is 11.6. The molecule has 1 saturated heterocycles. The van der Waals surface area contributed by atoms with Crippen molar-refractivity contribution in [3.8, 4) is 5.75 Å². The lowest BCUT2D eigenvalue weighted by molar-refractivity contribution is -0.219. The zero-order chi connectivity index (χ0) is 30.3. The number of hydrogen-bond donors (Lipinski definition) is 3. The van der Waals surface area contributed by atoms with E-state index in [1.54, 1.807) is 18.2 Å². The molecule has 2 aliphatic rings. The number of rotatable bonds is 11. The highest BCUT2D eigenvalue weighted by Crippen LogP contribution is 2.49. The van der Waals surface area contributed by atoms with E-state index in [0.29, 0.717) is 17.4 Å². The highest BCUT2D eigenvalue weighted by Gasteiger charge is 2.51. The summed E-state index contributed by atoms with van der Waals surface area (Å²) in [6.45, 7) is 0.849. The minimum atomic E-state index is -4.62. The fourth-order valence-electron chi connectivity index (χ4n) is 4.74. The van der Waals surface area contributed by atoms with E-state index in [1.165, 1.54) is 19.1 Å². The average molecular weight is 611 g/mol. The van der Waals surface area contributed by atoms with Crippen molar-refractivity contribution in [1.82, 2.24) is 14.6 Å². The molecule has 17 heteroatoms. The molecule has 2 fully saturated rings. The maximum atomic E-state index is 15.6. The molecule has 228 valence electrons. The molecule has 2 heterocycles. The van der Waals surface area contributed by atoms with Gasteiger partial charge in [0.25, 0.3) is 5.56 Å². The van der Waals surface area contributed by atoms with Crippen LogP contribution in [-0.2, 0) is 23.4 Å². The number of esters is 1. The van der Waals surface area contributed by atoms with Gasteiger partial charge < -0.3 is 19.1 Å². The molecule has 7 atom stereocenters. The topological polar surface area (TPSA) is 207 Å². The molecule has 5 unspecified atom stereocenters. The standard InChI is InChI=1S/C25H32FN6O9P/c1-15(24(35)38-16-8-4-2-5-9-16)30-42(37,40-17-10-6-3-7-11-17)41-22-18(14-28-31-27)39-23(20(26)21(22)34)32-13-12-19(33)29-25(32)36/h3,6-7,10-13,15-16,18,20-23,34H,2,4-5,8-9,14H2,1H3,(H,30,37)(H,29,33,36)/t15?,18?,20-,21?,22?,23-,42?/m1/s1. The molecule has 1 aliphatic heterocycles. The lowest BCUT2D eigenvalue weighted by atomic mass is 9.98. The van der Waals surface area contributed by atoms with Crippen molar-refractivity contribution in [2.24, 2.45) is 5.11 Å². The third-order valence-electron chi connectivity index (χ3n) is 6.84. The van der Waals surface area contributed by atoms with Gasteiger partial charge in [-0.05, 0) is 50.3 Å². The van der Waals surface area contributed by atoms with E-state index in [9.17, 15) is 24.1 Å². The number of halogens is 1. The largest absolute Gasteiger partial charge is 0.461 e. The number of nitrogens with one attached hydrogen (secondary N) is 2. The van der Waals surface area contributed by atoms with Crippen molar-refractivity contribution in [3.05, 3.63) is 73.9 Å². The Bertz CT molecular complexity index is 1430. The maximum Gasteiger partial charge on any atom is 0.459 e. The number of aliphatic hydroxyl groups is 1. The molecule has 4 rings (SSSR count). The van der Waals surface area contributed by atoms with Gasteiger partial charge in [-0.15, -0.1) is 0 Å². The van der Waals surface area contributed by atoms with Crippen LogP contribution in [0.5, 0.6) is 5.75 Å². The Morgan fingerprint density at radius 1 is 1.29 bits per heavy atom. The number of aromatic nitrogens is 2. The van der Waals surface area contributed by atoms with Crippen LogP contribution in [0.15, 0.2) is 57.3 Å². The minimum Gasteiger partial charge on any atom is -0.461 e. The van der Waals surface area contributed by atoms with Crippen molar-refractivity contribution in [2.45, 2.75) is 81.9 Å². The van der Waals surface area contributed by atoms with E-state index in [1.807, 2.05) is 4.98 Å². The molecular formula is C25H32FN6O9P. The lowest BCUT2D eigenvalue weighted by Crippen LogP contribution is -2.57. The zero-order valence-corrected chi connectivity index (χ0v) is 23.5. The van der Waals surface area contributed by atoms with Crippen molar-refractivity contribution in [2.75, 3.05) is 6.54 Å². The van der Waals surface area contributed by atoms with E-state index in [-0.39, 0.29) is 11.9 Å². The number of para-hydroxylation sites is 1. The van der Waals surface area contributed by atoms with E-state index in [0.717, 1.165) is 31.5 Å². The lowest BCUT2D eigenvalue weighted by Gasteiger charge is -2.42. The summed E-state index contributed by atoms with van der Waals surface area (Å²) in [5, 5.41) is 16.9. The van der Waals surface area contributed by atoms with Crippen LogP contribution in [0, 0.1) is 0 Å². The molecule has 15 nitrogen and oxygen atoms in total. The molecule has 3 N–H and O–H groups in total. The van der Waals surface area contributed by atoms with E-state index in [2.05, 4.69) is 15.1 Å². The number of carbonyl (C=O) groups is 1. The van der Waals surface area contributed by atoms with E-state index < -0.39 is 68.3 Å². The number of benzene rings is 1. The average Bonchev–Trinajstić information content (AvgIpc) is 2.96. The number of alkyl halides is 1. The SMILES string of the molecule is CC(NP(=O)(Oc1ccccc1)OC1C(CN=[N+]=[N-])O[C@@H](n2ccc(=O)[nH]c2=O)[C@H](F)C1O)C(=O)OC1CCCCC1. The Morgan fingerprint density at radius 2 is 2.00 bits per heavy atom. The summed E-state index contributed by atoms with van der Waals surface area (Å²) in [7, 11) is -4.62. The summed E-state index contributed by atoms with van der Waals surface area (Å²) in [6.07, 6.45) is -4.46. The van der Waals surface area contributed by atoms with Crippen LogP contribution in [0.3, 0.4) is 0 Å². The van der Waals surface area contributed by atoms with Crippen LogP contribution in [-0.4, -0.2) is 63.8 Å². The molecule has 0 radical (unpaired) electrons. The first kappa shape index (κ1) is 31.4. The van der Waals surface area contributed by atoms with Gasteiger partial charge in [-0.1, -0.05) is 29.7 Å². The number of aliphatic hydroxyl groups excluding tert-OH is 1. The summed E-state index contributed by atoms with van der Waals surface area (Å²) in [6, 6.07) is 7.52. The Labute approximate surface area is 239 Å². The maximum absolute atomic E-state index is 15.6. The first-order valence-electron chi connectivity index (χ1n) is 13.4. The Balaban J connectivity index is 1.60. The van der Waals surface area contributed by atoms with Crippen molar-refractivity contribution >= 4 is 13.7 Å². The summed E-state index contributed by atoms with van der Waals surface area (Å²) in [5.41, 5.74) is 7.13. The fraction of sp³-hybridized carbons (Fsp3) is 0.560. The highest BCUT2D eigenvalue weighted by atomic mass is 31.2. The monoisotopic (exact) mass is 610 g/mol. The molecule has 0 amide bonds. The smallest absolute Gasteiger partial charge is 0.459 e. The van der Waals surface area contributed by atoms with Gasteiger partial charge in [-0.25, -0.2) is 13.8 Å². The Morgan fingerprint density at radius 3 is 2.67 bits per heavy atom. The summed E-state index contributed by atoms with van der Waals surface area (Å²) < 4.78 is 52.9. The van der Waals surface area contributed by atoms with Crippen molar-refractivity contribution in [1.29, 1.82) is 0 Å². The molecular weight excluding hydrogens is 578 g/mol. The van der Waals surface area contributed by atoms with Gasteiger partial charge in [0.1, 0.15) is 30.1 Å². The van der Waals surface area contributed by atoms with Crippen LogP contribution in [0.25, 0.3) is 10.4 Å². The highest BCUT2D eigenvalue weighted by molar-refractivity contribution is 7.52. The van der Waals surface area contributed by atoms with E-state index in [4.69, 9.17) is 24.1 Å². The molecule has 1 aliphatic carbocycles. The molecule has 1 saturated carbocycles. The molecule has 2 aromatic rings. The summed E-state index contributed by atoms with van der Waals surface area (Å²) >= 11 is 0.